The zero-order valence-corrected chi connectivity index (χ0v) is 12.2. The molecule has 0 aromatic carbocycles. The summed E-state index contributed by atoms with van der Waals surface area (Å²) in [6.45, 7) is 0. The van der Waals surface area contributed by atoms with Gasteiger partial charge in [0, 0.05) is 23.7 Å². The van der Waals surface area contributed by atoms with Gasteiger partial charge in [-0.2, -0.15) is 4.98 Å². The van der Waals surface area contributed by atoms with Crippen molar-refractivity contribution in [2.24, 2.45) is 0 Å². The fourth-order valence-electron chi connectivity index (χ4n) is 2.87. The van der Waals surface area contributed by atoms with Crippen LogP contribution >= 0.6 is 0 Å². The van der Waals surface area contributed by atoms with Crippen LogP contribution in [0.3, 0.4) is 0 Å². The van der Waals surface area contributed by atoms with E-state index in [-0.39, 0.29) is 0 Å². The molecule has 0 bridgehead atoms. The molecule has 3 heterocycles. The van der Waals surface area contributed by atoms with E-state index >= 15 is 0 Å². The number of hydrogen-bond acceptors (Lipinski definition) is 6. The Labute approximate surface area is 127 Å². The lowest BCUT2D eigenvalue weighted by molar-refractivity contribution is 0.391. The van der Waals surface area contributed by atoms with E-state index in [0.29, 0.717) is 29.8 Å². The Kier molecular flexibility index (Phi) is 3.14. The van der Waals surface area contributed by atoms with E-state index in [0.717, 1.165) is 24.8 Å². The van der Waals surface area contributed by atoms with Gasteiger partial charge in [0.15, 0.2) is 11.6 Å². The highest BCUT2D eigenvalue weighted by Crippen LogP contribution is 2.33. The second-order valence-corrected chi connectivity index (χ2v) is 5.29. The highest BCUT2D eigenvalue weighted by atomic mass is 16.5. The molecule has 0 unspecified atom stereocenters. The Balaban J connectivity index is 1.61. The summed E-state index contributed by atoms with van der Waals surface area (Å²) in [7, 11) is 1.60. The third-order valence-electron chi connectivity index (χ3n) is 3.91. The molecule has 0 saturated carbocycles. The van der Waals surface area contributed by atoms with Gasteiger partial charge in [-0.05, 0) is 30.9 Å². The molecule has 0 fully saturated rings. The molecule has 0 amide bonds. The minimum atomic E-state index is 0.445. The molecule has 22 heavy (non-hydrogen) atoms. The quantitative estimate of drug-likeness (QED) is 0.737. The topological polar surface area (TPSA) is 74.2 Å². The number of ether oxygens (including phenoxy) is 1. The molecule has 1 aliphatic carbocycles. The summed E-state index contributed by atoms with van der Waals surface area (Å²) in [5, 5.41) is 4.04. The smallest absolute Gasteiger partial charge is 0.293 e. The molecule has 0 atom stereocenters. The molecular weight excluding hydrogens is 282 g/mol. The van der Waals surface area contributed by atoms with E-state index in [1.54, 1.807) is 19.6 Å². The molecular formula is C16H15N3O3. The number of furan rings is 1. The normalized spacial score (nSPS) is 13.3. The van der Waals surface area contributed by atoms with Crippen molar-refractivity contribution >= 4 is 0 Å². The van der Waals surface area contributed by atoms with E-state index in [4.69, 9.17) is 13.7 Å². The zero-order chi connectivity index (χ0) is 14.9. The monoisotopic (exact) mass is 297 g/mol. The third-order valence-corrected chi connectivity index (χ3v) is 3.91. The number of nitrogens with zero attached hydrogens (tertiary/aromatic N) is 3. The second-order valence-electron chi connectivity index (χ2n) is 5.29. The lowest BCUT2D eigenvalue weighted by Gasteiger charge is -2.03. The number of fused-ring (bicyclic) bond motifs is 1. The van der Waals surface area contributed by atoms with Crippen LogP contribution < -0.4 is 4.74 Å². The maximum absolute atomic E-state index is 5.60. The van der Waals surface area contributed by atoms with Crippen LogP contribution in [0.4, 0.5) is 0 Å². The van der Waals surface area contributed by atoms with Gasteiger partial charge in [-0.15, -0.1) is 0 Å². The number of methoxy groups -OCH3 is 1. The highest BCUT2D eigenvalue weighted by molar-refractivity contribution is 5.55. The molecule has 0 saturated heterocycles. The standard InChI is InChI=1S/C16H15N3O3/c1-20-15-10(5-3-7-17-15)8-13-18-16(22-19-13)14-12-6-2-4-11(12)9-21-14/h3,5,7,9H,2,4,6,8H2,1H3. The molecule has 0 spiro atoms. The summed E-state index contributed by atoms with van der Waals surface area (Å²) in [4.78, 5) is 8.62. The maximum Gasteiger partial charge on any atom is 0.293 e. The Morgan fingerprint density at radius 3 is 3.18 bits per heavy atom. The Hall–Kier alpha value is -2.63. The van der Waals surface area contributed by atoms with E-state index < -0.39 is 0 Å². The fourth-order valence-corrected chi connectivity index (χ4v) is 2.87. The first kappa shape index (κ1) is 13.1. The minimum Gasteiger partial charge on any atom is -0.481 e. The van der Waals surface area contributed by atoms with Crippen molar-refractivity contribution in [3.05, 3.63) is 47.1 Å². The molecule has 0 aliphatic heterocycles. The third kappa shape index (κ3) is 2.16. The van der Waals surface area contributed by atoms with Gasteiger partial charge in [0.1, 0.15) is 0 Å². The van der Waals surface area contributed by atoms with Crippen molar-refractivity contribution in [1.29, 1.82) is 0 Å². The first-order valence-electron chi connectivity index (χ1n) is 7.25. The van der Waals surface area contributed by atoms with E-state index in [1.165, 1.54) is 11.1 Å². The van der Waals surface area contributed by atoms with Crippen LogP contribution in [0.25, 0.3) is 11.7 Å². The van der Waals surface area contributed by atoms with Gasteiger partial charge in [0.25, 0.3) is 5.89 Å². The largest absolute Gasteiger partial charge is 0.481 e. The van der Waals surface area contributed by atoms with E-state index in [2.05, 4.69) is 15.1 Å². The molecule has 1 aliphatic rings. The van der Waals surface area contributed by atoms with E-state index in [1.807, 2.05) is 12.1 Å². The van der Waals surface area contributed by atoms with Crippen molar-refractivity contribution in [1.82, 2.24) is 15.1 Å². The average molecular weight is 297 g/mol. The Morgan fingerprint density at radius 2 is 2.27 bits per heavy atom. The fraction of sp³-hybridized carbons (Fsp3) is 0.312. The Bertz CT molecular complexity index is 807. The molecule has 6 nitrogen and oxygen atoms in total. The lowest BCUT2D eigenvalue weighted by atomic mass is 10.2. The summed E-state index contributed by atoms with van der Waals surface area (Å²) in [5.41, 5.74) is 3.37. The number of aryl methyl sites for hydroxylation is 1. The van der Waals surface area contributed by atoms with Crippen LogP contribution in [0.1, 0.15) is 28.9 Å². The van der Waals surface area contributed by atoms with Gasteiger partial charge in [-0.25, -0.2) is 4.98 Å². The first-order chi connectivity index (χ1) is 10.8. The van der Waals surface area contributed by atoms with Crippen LogP contribution in [-0.4, -0.2) is 22.2 Å². The predicted octanol–water partition coefficient (Wildman–Crippen LogP) is 2.81. The molecule has 6 heteroatoms. The van der Waals surface area contributed by atoms with Gasteiger partial charge in [0.05, 0.1) is 13.4 Å². The zero-order valence-electron chi connectivity index (χ0n) is 12.2. The minimum absolute atomic E-state index is 0.445. The van der Waals surface area contributed by atoms with Crippen molar-refractivity contribution in [3.63, 3.8) is 0 Å². The summed E-state index contributed by atoms with van der Waals surface area (Å²) in [6.07, 6.45) is 7.22. The molecule has 0 radical (unpaired) electrons. The second kappa shape index (κ2) is 5.29. The molecule has 112 valence electrons. The van der Waals surface area contributed by atoms with Gasteiger partial charge >= 0.3 is 0 Å². The maximum atomic E-state index is 5.60. The number of rotatable bonds is 4. The lowest BCUT2D eigenvalue weighted by Crippen LogP contribution is -1.97. The SMILES string of the molecule is COc1ncccc1Cc1noc(-c2occ3c2CCC3)n1. The van der Waals surface area contributed by atoms with Crippen LogP contribution in [0.15, 0.2) is 33.5 Å². The molecule has 0 N–H and O–H groups in total. The average Bonchev–Trinajstić information content (AvgIpc) is 3.23. The van der Waals surface area contributed by atoms with Crippen LogP contribution in [-0.2, 0) is 19.3 Å². The molecule has 3 aromatic rings. The number of hydrogen-bond donors (Lipinski definition) is 0. The number of aromatic nitrogens is 3. The molecule has 4 rings (SSSR count). The summed E-state index contributed by atoms with van der Waals surface area (Å²) in [5.74, 6) is 2.32. The van der Waals surface area contributed by atoms with Crippen molar-refractivity contribution in [2.45, 2.75) is 25.7 Å². The van der Waals surface area contributed by atoms with Crippen molar-refractivity contribution < 1.29 is 13.7 Å². The summed E-state index contributed by atoms with van der Waals surface area (Å²) in [6, 6.07) is 3.80. The predicted molar refractivity (Wildman–Crippen MR) is 77.6 cm³/mol. The van der Waals surface area contributed by atoms with Gasteiger partial charge < -0.3 is 13.7 Å². The van der Waals surface area contributed by atoms with Gasteiger partial charge in [-0.3, -0.25) is 0 Å². The van der Waals surface area contributed by atoms with Gasteiger partial charge in [0.2, 0.25) is 5.88 Å². The van der Waals surface area contributed by atoms with Crippen LogP contribution in [0.5, 0.6) is 5.88 Å². The number of pyridine rings is 1. The summed E-state index contributed by atoms with van der Waals surface area (Å²) < 4.78 is 16.2. The van der Waals surface area contributed by atoms with Crippen LogP contribution in [0, 0.1) is 0 Å². The van der Waals surface area contributed by atoms with Crippen LogP contribution in [0.2, 0.25) is 0 Å². The Morgan fingerprint density at radius 1 is 1.32 bits per heavy atom. The highest BCUT2D eigenvalue weighted by Gasteiger charge is 2.24. The van der Waals surface area contributed by atoms with E-state index in [9.17, 15) is 0 Å². The summed E-state index contributed by atoms with van der Waals surface area (Å²) >= 11 is 0. The molecule has 3 aromatic heterocycles. The van der Waals surface area contributed by atoms with Crippen molar-refractivity contribution in [3.8, 4) is 17.5 Å². The first-order valence-corrected chi connectivity index (χ1v) is 7.25. The van der Waals surface area contributed by atoms with Gasteiger partial charge in [-0.1, -0.05) is 11.2 Å². The van der Waals surface area contributed by atoms with Crippen molar-refractivity contribution in [2.75, 3.05) is 7.11 Å².